The highest BCUT2D eigenvalue weighted by Gasteiger charge is 2.36. The van der Waals surface area contributed by atoms with Gasteiger partial charge in [-0.25, -0.2) is 0 Å². The molecule has 0 saturated carbocycles. The minimum Gasteiger partial charge on any atom is -0.394 e. The van der Waals surface area contributed by atoms with Crippen LogP contribution in [-0.4, -0.2) is 30.0 Å². The predicted molar refractivity (Wildman–Crippen MR) is 81.5 cm³/mol. The van der Waals surface area contributed by atoms with E-state index in [-0.39, 0.29) is 18.2 Å². The zero-order valence-electron chi connectivity index (χ0n) is 11.4. The number of ether oxygens (including phenoxy) is 1. The summed E-state index contributed by atoms with van der Waals surface area (Å²) in [5.41, 5.74) is 0.774. The first-order chi connectivity index (χ1) is 9.19. The van der Waals surface area contributed by atoms with Crippen molar-refractivity contribution in [2.75, 3.05) is 18.5 Å². The Balaban J connectivity index is 2.11. The Bertz CT molecular complexity index is 411. The van der Waals surface area contributed by atoms with Gasteiger partial charge in [0.1, 0.15) is 0 Å². The molecule has 1 fully saturated rings. The quantitative estimate of drug-likeness (QED) is 0.868. The van der Waals surface area contributed by atoms with Crippen molar-refractivity contribution in [1.82, 2.24) is 0 Å². The summed E-state index contributed by atoms with van der Waals surface area (Å²) < 4.78 is 6.81. The van der Waals surface area contributed by atoms with Crippen molar-refractivity contribution in [2.45, 2.75) is 44.2 Å². The lowest BCUT2D eigenvalue weighted by Crippen LogP contribution is -2.49. The van der Waals surface area contributed by atoms with E-state index in [1.165, 1.54) is 0 Å². The lowest BCUT2D eigenvalue weighted by Gasteiger charge is -2.41. The van der Waals surface area contributed by atoms with Crippen LogP contribution in [-0.2, 0) is 4.74 Å². The monoisotopic (exact) mass is 327 g/mol. The standard InChI is InChI=1S/C15H22BrNO2/c1-2-5-12-10-15(11-18,8-9-19-12)17-14-7-4-3-6-13(14)16/h3-4,6-7,12,17-18H,2,5,8-11H2,1H3. The second kappa shape index (κ2) is 6.73. The van der Waals surface area contributed by atoms with Crippen LogP contribution in [0.5, 0.6) is 0 Å². The van der Waals surface area contributed by atoms with Gasteiger partial charge in [-0.1, -0.05) is 25.5 Å². The Morgan fingerprint density at radius 1 is 1.47 bits per heavy atom. The summed E-state index contributed by atoms with van der Waals surface area (Å²) >= 11 is 3.55. The van der Waals surface area contributed by atoms with Crippen LogP contribution in [0.25, 0.3) is 0 Å². The number of nitrogens with one attached hydrogen (secondary N) is 1. The van der Waals surface area contributed by atoms with E-state index in [1.807, 2.05) is 24.3 Å². The first kappa shape index (κ1) is 14.8. The van der Waals surface area contributed by atoms with Gasteiger partial charge >= 0.3 is 0 Å². The number of para-hydroxylation sites is 1. The average Bonchev–Trinajstić information content (AvgIpc) is 2.42. The highest BCUT2D eigenvalue weighted by Crippen LogP contribution is 2.33. The fourth-order valence-electron chi connectivity index (χ4n) is 2.67. The molecule has 0 radical (unpaired) electrons. The third-order valence-electron chi connectivity index (χ3n) is 3.74. The van der Waals surface area contributed by atoms with Crippen molar-refractivity contribution in [3.8, 4) is 0 Å². The maximum absolute atomic E-state index is 9.85. The number of hydrogen-bond acceptors (Lipinski definition) is 3. The largest absolute Gasteiger partial charge is 0.394 e. The van der Waals surface area contributed by atoms with E-state index in [4.69, 9.17) is 4.74 Å². The van der Waals surface area contributed by atoms with Crippen LogP contribution in [0.4, 0.5) is 5.69 Å². The molecule has 0 spiro atoms. The first-order valence-corrected chi connectivity index (χ1v) is 7.73. The van der Waals surface area contributed by atoms with E-state index in [1.54, 1.807) is 0 Å². The van der Waals surface area contributed by atoms with Crippen LogP contribution in [0.15, 0.2) is 28.7 Å². The van der Waals surface area contributed by atoms with Crippen molar-refractivity contribution in [1.29, 1.82) is 0 Å². The van der Waals surface area contributed by atoms with Gasteiger partial charge in [0.05, 0.1) is 18.2 Å². The van der Waals surface area contributed by atoms with Crippen LogP contribution in [0, 0.1) is 0 Å². The van der Waals surface area contributed by atoms with E-state index in [9.17, 15) is 5.11 Å². The molecule has 1 aliphatic rings. The second-order valence-corrected chi connectivity index (χ2v) is 6.13. The van der Waals surface area contributed by atoms with Gasteiger partial charge in [-0.05, 0) is 47.3 Å². The van der Waals surface area contributed by atoms with Crippen LogP contribution >= 0.6 is 15.9 Å². The Kier molecular flexibility index (Phi) is 5.25. The minimum absolute atomic E-state index is 0.137. The number of hydrogen-bond donors (Lipinski definition) is 2. The second-order valence-electron chi connectivity index (χ2n) is 5.28. The lowest BCUT2D eigenvalue weighted by molar-refractivity contribution is -0.0299. The van der Waals surface area contributed by atoms with Crippen molar-refractivity contribution in [2.24, 2.45) is 0 Å². The number of benzene rings is 1. The summed E-state index contributed by atoms with van der Waals surface area (Å²) in [7, 11) is 0. The maximum Gasteiger partial charge on any atom is 0.0663 e. The fourth-order valence-corrected chi connectivity index (χ4v) is 3.05. The topological polar surface area (TPSA) is 41.5 Å². The third-order valence-corrected chi connectivity index (χ3v) is 4.43. The summed E-state index contributed by atoms with van der Waals surface area (Å²) in [4.78, 5) is 0. The molecule has 0 amide bonds. The van der Waals surface area contributed by atoms with Crippen molar-refractivity contribution in [3.05, 3.63) is 28.7 Å². The van der Waals surface area contributed by atoms with E-state index in [0.29, 0.717) is 6.61 Å². The zero-order chi connectivity index (χ0) is 13.7. The highest BCUT2D eigenvalue weighted by atomic mass is 79.9. The molecule has 2 atom stereocenters. The molecule has 0 bridgehead atoms. The van der Waals surface area contributed by atoms with Gasteiger partial charge < -0.3 is 15.2 Å². The molecule has 3 nitrogen and oxygen atoms in total. The van der Waals surface area contributed by atoms with Gasteiger partial charge in [-0.2, -0.15) is 0 Å². The number of anilines is 1. The van der Waals surface area contributed by atoms with Crippen LogP contribution in [0.3, 0.4) is 0 Å². The Morgan fingerprint density at radius 2 is 2.26 bits per heavy atom. The van der Waals surface area contributed by atoms with Gasteiger partial charge in [0.15, 0.2) is 0 Å². The molecule has 0 aliphatic carbocycles. The van der Waals surface area contributed by atoms with Gasteiger partial charge in [0.25, 0.3) is 0 Å². The highest BCUT2D eigenvalue weighted by molar-refractivity contribution is 9.10. The molecule has 1 aromatic rings. The number of rotatable bonds is 5. The molecule has 1 aliphatic heterocycles. The number of aliphatic hydroxyl groups is 1. The summed E-state index contributed by atoms with van der Waals surface area (Å²) in [5, 5.41) is 13.4. The molecule has 2 unspecified atom stereocenters. The molecule has 1 heterocycles. The predicted octanol–water partition coefficient (Wildman–Crippen LogP) is 3.57. The zero-order valence-corrected chi connectivity index (χ0v) is 12.9. The Hall–Kier alpha value is -0.580. The van der Waals surface area contributed by atoms with Crippen LogP contribution in [0.1, 0.15) is 32.6 Å². The van der Waals surface area contributed by atoms with E-state index in [0.717, 1.165) is 35.8 Å². The first-order valence-electron chi connectivity index (χ1n) is 6.94. The lowest BCUT2D eigenvalue weighted by atomic mass is 9.85. The van der Waals surface area contributed by atoms with E-state index >= 15 is 0 Å². The number of aliphatic hydroxyl groups excluding tert-OH is 1. The molecule has 1 aromatic carbocycles. The molecule has 1 saturated heterocycles. The molecule has 2 N–H and O–H groups in total. The van der Waals surface area contributed by atoms with Crippen LogP contribution < -0.4 is 5.32 Å². The maximum atomic E-state index is 9.85. The van der Waals surface area contributed by atoms with Crippen molar-refractivity contribution in [3.63, 3.8) is 0 Å². The minimum atomic E-state index is -0.262. The summed E-state index contributed by atoms with van der Waals surface area (Å²) in [5.74, 6) is 0. The average molecular weight is 328 g/mol. The molecular formula is C15H22BrNO2. The fraction of sp³-hybridized carbons (Fsp3) is 0.600. The van der Waals surface area contributed by atoms with Gasteiger partial charge in [0.2, 0.25) is 0 Å². The van der Waals surface area contributed by atoms with Gasteiger partial charge in [-0.3, -0.25) is 0 Å². The molecular weight excluding hydrogens is 306 g/mol. The normalized spacial score (nSPS) is 27.2. The van der Waals surface area contributed by atoms with Crippen LogP contribution in [0.2, 0.25) is 0 Å². The van der Waals surface area contributed by atoms with E-state index in [2.05, 4.69) is 28.2 Å². The number of halogens is 1. The van der Waals surface area contributed by atoms with E-state index < -0.39 is 0 Å². The Morgan fingerprint density at radius 3 is 2.95 bits per heavy atom. The SMILES string of the molecule is CCCC1CC(CO)(Nc2ccccc2Br)CCO1. The smallest absolute Gasteiger partial charge is 0.0663 e. The molecule has 4 heteroatoms. The summed E-state index contributed by atoms with van der Waals surface area (Å²) in [6.07, 6.45) is 4.12. The summed E-state index contributed by atoms with van der Waals surface area (Å²) in [6, 6.07) is 8.04. The molecule has 106 valence electrons. The molecule has 0 aromatic heterocycles. The Labute approximate surface area is 123 Å². The summed E-state index contributed by atoms with van der Waals surface area (Å²) in [6.45, 7) is 3.01. The molecule has 19 heavy (non-hydrogen) atoms. The van der Waals surface area contributed by atoms with Crippen molar-refractivity contribution < 1.29 is 9.84 Å². The van der Waals surface area contributed by atoms with Crippen molar-refractivity contribution >= 4 is 21.6 Å². The molecule has 2 rings (SSSR count). The van der Waals surface area contributed by atoms with Gasteiger partial charge in [-0.15, -0.1) is 0 Å². The van der Waals surface area contributed by atoms with Gasteiger partial charge in [0, 0.05) is 16.8 Å². The third kappa shape index (κ3) is 3.71.